The zero-order valence-corrected chi connectivity index (χ0v) is 29.3. The van der Waals surface area contributed by atoms with E-state index in [0.29, 0.717) is 5.65 Å². The fraction of sp³-hybridized carbons (Fsp3) is 0.394. The lowest BCUT2D eigenvalue weighted by molar-refractivity contribution is -0.190. The molecule has 2 unspecified atom stereocenters. The van der Waals surface area contributed by atoms with E-state index in [1.807, 2.05) is 13.8 Å². The molecule has 0 radical (unpaired) electrons. The van der Waals surface area contributed by atoms with Crippen LogP contribution in [0.4, 0.5) is 43.9 Å². The van der Waals surface area contributed by atoms with Crippen molar-refractivity contribution in [2.24, 2.45) is 0 Å². The average Bonchev–Trinajstić information content (AvgIpc) is 3.74. The summed E-state index contributed by atoms with van der Waals surface area (Å²) in [6.07, 6.45) is -5.97. The Morgan fingerprint density at radius 3 is 1.75 bits per heavy atom. The summed E-state index contributed by atoms with van der Waals surface area (Å²) in [7, 11) is 0. The predicted molar refractivity (Wildman–Crippen MR) is 173 cm³/mol. The van der Waals surface area contributed by atoms with Crippen LogP contribution in [0.1, 0.15) is 65.3 Å². The number of aromatic nitrogens is 10. The fourth-order valence-corrected chi connectivity index (χ4v) is 5.05. The number of fused-ring (bicyclic) bond motifs is 2. The van der Waals surface area contributed by atoms with E-state index in [-0.39, 0.29) is 52.7 Å². The van der Waals surface area contributed by atoms with Crippen molar-refractivity contribution in [2.75, 3.05) is 0 Å². The molecule has 0 spiro atoms. The quantitative estimate of drug-likeness (QED) is 0.146. The van der Waals surface area contributed by atoms with Gasteiger partial charge in [-0.2, -0.15) is 26.3 Å². The van der Waals surface area contributed by atoms with Crippen molar-refractivity contribution in [3.63, 3.8) is 0 Å². The van der Waals surface area contributed by atoms with E-state index >= 15 is 0 Å². The van der Waals surface area contributed by atoms with E-state index in [2.05, 4.69) is 45.1 Å². The first-order valence-electron chi connectivity index (χ1n) is 16.3. The maximum absolute atomic E-state index is 14.3. The van der Waals surface area contributed by atoms with Crippen LogP contribution in [0.3, 0.4) is 0 Å². The number of alkyl halides is 8. The van der Waals surface area contributed by atoms with Crippen LogP contribution >= 0.6 is 0 Å². The number of hydrogen-bond acceptors (Lipinski definition) is 10. The van der Waals surface area contributed by atoms with Gasteiger partial charge in [-0.1, -0.05) is 13.8 Å². The molecule has 6 heterocycles. The van der Waals surface area contributed by atoms with Gasteiger partial charge in [0.25, 0.3) is 11.8 Å². The Bertz CT molecular complexity index is 2270. The van der Waals surface area contributed by atoms with Gasteiger partial charge in [-0.3, -0.25) is 18.8 Å². The second kappa shape index (κ2) is 15.6. The summed E-state index contributed by atoms with van der Waals surface area (Å²) in [5.74, 6) is -4.14. The summed E-state index contributed by atoms with van der Waals surface area (Å²) in [6, 6.07) is 1.98. The third kappa shape index (κ3) is 9.16. The van der Waals surface area contributed by atoms with Crippen LogP contribution in [-0.4, -0.2) is 73.2 Å². The van der Waals surface area contributed by atoms with Crippen LogP contribution < -0.4 is 9.47 Å². The average molecular weight is 789 g/mol. The molecule has 22 heteroatoms. The highest BCUT2D eigenvalue weighted by atomic mass is 19.4. The molecule has 7 rings (SSSR count). The SMILES string of the molecule is CC.CC(F)c1nnc2cnc(-c3cnc(OC(C)C(F)(F)F)c(F)c3)cn12.CC1(F)CC(Oc2ncc(-c3cn4c(C(F)(F)F)nnc4cn3)cc2F)C1. The molecule has 0 saturated heterocycles. The molecule has 1 aliphatic rings. The molecule has 0 aromatic carbocycles. The molecule has 1 aliphatic carbocycles. The number of rotatable bonds is 7. The van der Waals surface area contributed by atoms with Gasteiger partial charge in [0.1, 0.15) is 11.8 Å². The van der Waals surface area contributed by atoms with Gasteiger partial charge in [0.2, 0.25) is 5.82 Å². The van der Waals surface area contributed by atoms with E-state index in [0.717, 1.165) is 42.0 Å². The standard InChI is InChI=1S/C16H12F5N5O.C15H12F5N5O.C2H6/c1-15(18)3-9(4-15)27-13-10(17)2-8(5-23-13)11-7-26-12(6-22-11)24-25-14(26)16(19,20)21;1-7(16)13-24-23-12-5-21-11(6-25(12)13)9-3-10(17)14(22-4-9)26-8(2)15(18,19)20;1-2/h2,5-7,9H,3-4H2,1H3;3-8H,1-2H3;1-2H3. The molecule has 0 N–H and O–H groups in total. The molecule has 55 heavy (non-hydrogen) atoms. The zero-order valence-electron chi connectivity index (χ0n) is 29.3. The number of ether oxygens (including phenoxy) is 2. The van der Waals surface area contributed by atoms with Crippen LogP contribution in [0.15, 0.2) is 49.3 Å². The normalized spacial score (nSPS) is 18.1. The first-order valence-corrected chi connectivity index (χ1v) is 16.3. The van der Waals surface area contributed by atoms with Gasteiger partial charge in [0, 0.05) is 48.8 Å². The number of hydrogen-bond donors (Lipinski definition) is 0. The smallest absolute Gasteiger partial charge is 0.452 e. The van der Waals surface area contributed by atoms with Crippen LogP contribution in [0.5, 0.6) is 11.8 Å². The number of halogens is 10. The molecule has 1 fully saturated rings. The summed E-state index contributed by atoms with van der Waals surface area (Å²) in [5.41, 5.74) is -0.559. The summed E-state index contributed by atoms with van der Waals surface area (Å²) >= 11 is 0. The van der Waals surface area contributed by atoms with Gasteiger partial charge < -0.3 is 9.47 Å². The summed E-state index contributed by atoms with van der Waals surface area (Å²) in [6.45, 7) is 7.46. The molecule has 0 aliphatic heterocycles. The Morgan fingerprint density at radius 1 is 0.745 bits per heavy atom. The molecule has 0 bridgehead atoms. The van der Waals surface area contributed by atoms with Gasteiger partial charge in [0.15, 0.2) is 41.0 Å². The van der Waals surface area contributed by atoms with Gasteiger partial charge in [-0.25, -0.2) is 27.5 Å². The van der Waals surface area contributed by atoms with Gasteiger partial charge >= 0.3 is 12.4 Å². The van der Waals surface area contributed by atoms with Crippen molar-refractivity contribution in [3.05, 3.63) is 72.6 Å². The van der Waals surface area contributed by atoms with Crippen molar-refractivity contribution < 1.29 is 53.4 Å². The topological polar surface area (TPSA) is 130 Å². The van der Waals surface area contributed by atoms with Gasteiger partial charge in [-0.15, -0.1) is 20.4 Å². The fourth-order valence-electron chi connectivity index (χ4n) is 5.05. The Labute approximate surface area is 304 Å². The molecule has 1 saturated carbocycles. The highest BCUT2D eigenvalue weighted by Gasteiger charge is 2.43. The van der Waals surface area contributed by atoms with E-state index in [1.165, 1.54) is 36.8 Å². The predicted octanol–water partition coefficient (Wildman–Crippen LogP) is 8.33. The van der Waals surface area contributed by atoms with E-state index < -0.39 is 59.7 Å². The minimum absolute atomic E-state index is 0.0380. The molecule has 294 valence electrons. The second-order valence-corrected chi connectivity index (χ2v) is 12.1. The minimum Gasteiger partial charge on any atom is -0.472 e. The molecule has 2 atom stereocenters. The lowest BCUT2D eigenvalue weighted by Gasteiger charge is -2.37. The molecule has 6 aromatic rings. The largest absolute Gasteiger partial charge is 0.472 e. The van der Waals surface area contributed by atoms with Crippen molar-refractivity contribution in [3.8, 4) is 34.3 Å². The van der Waals surface area contributed by atoms with Gasteiger partial charge in [0.05, 0.1) is 23.8 Å². The maximum atomic E-state index is 14.3. The van der Waals surface area contributed by atoms with Crippen molar-refractivity contribution in [1.29, 1.82) is 0 Å². The second-order valence-electron chi connectivity index (χ2n) is 12.1. The lowest BCUT2D eigenvalue weighted by Crippen LogP contribution is -2.44. The summed E-state index contributed by atoms with van der Waals surface area (Å²) < 4.78 is 144. The number of nitrogens with zero attached hydrogens (tertiary/aromatic N) is 10. The van der Waals surface area contributed by atoms with Crippen molar-refractivity contribution >= 4 is 11.3 Å². The van der Waals surface area contributed by atoms with Crippen molar-refractivity contribution in [1.82, 2.24) is 49.1 Å². The third-order valence-corrected chi connectivity index (χ3v) is 7.76. The minimum atomic E-state index is -4.70. The Balaban J connectivity index is 0.000000202. The van der Waals surface area contributed by atoms with Crippen LogP contribution in [-0.2, 0) is 6.18 Å². The first-order chi connectivity index (χ1) is 25.8. The van der Waals surface area contributed by atoms with E-state index in [1.54, 1.807) is 0 Å². The molecule has 6 aromatic heterocycles. The third-order valence-electron chi connectivity index (χ3n) is 7.76. The lowest BCUT2D eigenvalue weighted by atomic mass is 9.81. The van der Waals surface area contributed by atoms with Crippen molar-refractivity contribution in [2.45, 2.75) is 83.9 Å². The molecular formula is C33H30F10N10O2. The maximum Gasteiger partial charge on any atom is 0.452 e. The van der Waals surface area contributed by atoms with E-state index in [9.17, 15) is 43.9 Å². The molecule has 12 nitrogen and oxygen atoms in total. The first kappa shape index (κ1) is 40.5. The van der Waals surface area contributed by atoms with Crippen LogP contribution in [0.25, 0.3) is 33.8 Å². The Morgan fingerprint density at radius 2 is 1.25 bits per heavy atom. The van der Waals surface area contributed by atoms with Crippen LogP contribution in [0.2, 0.25) is 0 Å². The monoisotopic (exact) mass is 788 g/mol. The molecular weight excluding hydrogens is 758 g/mol. The molecule has 0 amide bonds. The summed E-state index contributed by atoms with van der Waals surface area (Å²) in [5, 5.41) is 14.0. The Hall–Kier alpha value is -5.70. The van der Waals surface area contributed by atoms with E-state index in [4.69, 9.17) is 4.74 Å². The number of pyridine rings is 2. The van der Waals surface area contributed by atoms with Gasteiger partial charge in [-0.05, 0) is 32.9 Å². The zero-order chi connectivity index (χ0) is 40.5. The summed E-state index contributed by atoms with van der Waals surface area (Å²) in [4.78, 5) is 15.4. The highest BCUT2D eigenvalue weighted by molar-refractivity contribution is 5.60. The Kier molecular flexibility index (Phi) is 11.5. The van der Waals surface area contributed by atoms with Crippen LogP contribution in [0, 0.1) is 11.6 Å². The highest BCUT2D eigenvalue weighted by Crippen LogP contribution is 2.38.